The van der Waals surface area contributed by atoms with E-state index in [9.17, 15) is 9.59 Å². The Morgan fingerprint density at radius 3 is 2.26 bits per heavy atom. The van der Waals surface area contributed by atoms with Gasteiger partial charge in [-0.15, -0.1) is 0 Å². The van der Waals surface area contributed by atoms with E-state index in [1.165, 1.54) is 0 Å². The molecule has 1 N–H and O–H groups in total. The molecule has 0 saturated heterocycles. The van der Waals surface area contributed by atoms with Crippen molar-refractivity contribution < 1.29 is 19.1 Å². The Balaban J connectivity index is 1.42. The summed E-state index contributed by atoms with van der Waals surface area (Å²) in [5.41, 5.74) is 3.68. The van der Waals surface area contributed by atoms with Gasteiger partial charge in [-0.2, -0.15) is 0 Å². The lowest BCUT2D eigenvalue weighted by molar-refractivity contribution is -0.121. The number of amides is 1. The van der Waals surface area contributed by atoms with Crippen LogP contribution in [0.2, 0.25) is 0 Å². The molecule has 1 unspecified atom stereocenters. The molecule has 31 heavy (non-hydrogen) atoms. The summed E-state index contributed by atoms with van der Waals surface area (Å²) in [6, 6.07) is 22.8. The lowest BCUT2D eigenvalue weighted by atomic mass is 9.97. The first kappa shape index (κ1) is 20.7. The van der Waals surface area contributed by atoms with Crippen LogP contribution in [0.15, 0.2) is 72.8 Å². The Labute approximate surface area is 182 Å². The third-order valence-electron chi connectivity index (χ3n) is 5.29. The van der Waals surface area contributed by atoms with E-state index in [2.05, 4.69) is 5.32 Å². The van der Waals surface area contributed by atoms with Crippen LogP contribution in [0.1, 0.15) is 45.9 Å². The molecule has 1 heterocycles. The van der Waals surface area contributed by atoms with E-state index in [1.807, 2.05) is 61.5 Å². The highest BCUT2D eigenvalue weighted by molar-refractivity contribution is 5.98. The number of ketones is 1. The zero-order valence-electron chi connectivity index (χ0n) is 17.5. The smallest absolute Gasteiger partial charge is 0.221 e. The predicted octanol–water partition coefficient (Wildman–Crippen LogP) is 4.63. The molecule has 3 aromatic rings. The number of rotatable bonds is 7. The summed E-state index contributed by atoms with van der Waals surface area (Å²) in [6.45, 7) is 3.00. The van der Waals surface area contributed by atoms with Crippen molar-refractivity contribution in [3.63, 3.8) is 0 Å². The van der Waals surface area contributed by atoms with Gasteiger partial charge < -0.3 is 14.8 Å². The van der Waals surface area contributed by atoms with Gasteiger partial charge in [-0.25, -0.2) is 0 Å². The minimum absolute atomic E-state index is 0.0984. The van der Waals surface area contributed by atoms with Gasteiger partial charge in [0.05, 0.1) is 6.04 Å². The molecule has 0 radical (unpaired) electrons. The average Bonchev–Trinajstić information content (AvgIpc) is 2.82. The van der Waals surface area contributed by atoms with E-state index in [1.54, 1.807) is 18.2 Å². The van der Waals surface area contributed by atoms with E-state index in [0.717, 1.165) is 16.7 Å². The SMILES string of the molecule is Cc1ccc(C(NC(=O)CCC(=O)c2ccc3c(c2)OCCO3)c2ccccc2)cc1. The van der Waals surface area contributed by atoms with Gasteiger partial charge in [-0.05, 0) is 36.2 Å². The molecule has 5 heteroatoms. The first-order chi connectivity index (χ1) is 15.1. The molecule has 1 aliphatic heterocycles. The highest BCUT2D eigenvalue weighted by Gasteiger charge is 2.19. The molecule has 1 amide bonds. The summed E-state index contributed by atoms with van der Waals surface area (Å²) in [5, 5.41) is 3.09. The quantitative estimate of drug-likeness (QED) is 0.571. The van der Waals surface area contributed by atoms with Crippen molar-refractivity contribution in [2.24, 2.45) is 0 Å². The Morgan fingerprint density at radius 1 is 0.839 bits per heavy atom. The van der Waals surface area contributed by atoms with Crippen molar-refractivity contribution in [3.05, 3.63) is 95.1 Å². The van der Waals surface area contributed by atoms with Gasteiger partial charge in [0.2, 0.25) is 5.91 Å². The molecular weight excluding hydrogens is 390 g/mol. The Kier molecular flexibility index (Phi) is 6.32. The number of carbonyl (C=O) groups excluding carboxylic acids is 2. The number of Topliss-reactive ketones (excluding diaryl/α,β-unsaturated/α-hetero) is 1. The molecule has 1 atom stereocenters. The molecule has 0 spiro atoms. The molecule has 1 aliphatic rings. The van der Waals surface area contributed by atoms with Crippen LogP contribution in [0, 0.1) is 6.92 Å². The third kappa shape index (κ3) is 5.12. The molecule has 0 aliphatic carbocycles. The molecule has 3 aromatic carbocycles. The van der Waals surface area contributed by atoms with Crippen molar-refractivity contribution >= 4 is 11.7 Å². The summed E-state index contributed by atoms with van der Waals surface area (Å²) in [4.78, 5) is 25.3. The largest absolute Gasteiger partial charge is 0.486 e. The van der Waals surface area contributed by atoms with E-state index in [0.29, 0.717) is 30.3 Å². The van der Waals surface area contributed by atoms with Crippen molar-refractivity contribution in [3.8, 4) is 11.5 Å². The van der Waals surface area contributed by atoms with Crippen molar-refractivity contribution in [1.29, 1.82) is 0 Å². The summed E-state index contributed by atoms with van der Waals surface area (Å²) >= 11 is 0. The van der Waals surface area contributed by atoms with E-state index in [-0.39, 0.29) is 30.6 Å². The van der Waals surface area contributed by atoms with Gasteiger partial charge in [-0.1, -0.05) is 60.2 Å². The second-order valence-electron chi connectivity index (χ2n) is 7.60. The van der Waals surface area contributed by atoms with Crippen LogP contribution in [0.5, 0.6) is 11.5 Å². The second kappa shape index (κ2) is 9.47. The monoisotopic (exact) mass is 415 g/mol. The van der Waals surface area contributed by atoms with Crippen molar-refractivity contribution in [2.45, 2.75) is 25.8 Å². The lowest BCUT2D eigenvalue weighted by Crippen LogP contribution is -2.29. The van der Waals surface area contributed by atoms with Crippen molar-refractivity contribution in [1.82, 2.24) is 5.32 Å². The molecule has 0 bridgehead atoms. The van der Waals surface area contributed by atoms with Crippen LogP contribution in [0.25, 0.3) is 0 Å². The fourth-order valence-corrected chi connectivity index (χ4v) is 3.58. The zero-order chi connectivity index (χ0) is 21.6. The third-order valence-corrected chi connectivity index (χ3v) is 5.29. The fourth-order valence-electron chi connectivity index (χ4n) is 3.58. The number of ether oxygens (including phenoxy) is 2. The minimum atomic E-state index is -0.265. The number of nitrogens with one attached hydrogen (secondary N) is 1. The molecule has 4 rings (SSSR count). The van der Waals surface area contributed by atoms with E-state index >= 15 is 0 Å². The van der Waals surface area contributed by atoms with E-state index in [4.69, 9.17) is 9.47 Å². The molecule has 0 aromatic heterocycles. The number of carbonyl (C=O) groups is 2. The zero-order valence-corrected chi connectivity index (χ0v) is 17.5. The highest BCUT2D eigenvalue weighted by Crippen LogP contribution is 2.31. The van der Waals surface area contributed by atoms with Crippen LogP contribution < -0.4 is 14.8 Å². The van der Waals surface area contributed by atoms with Gasteiger partial charge >= 0.3 is 0 Å². The van der Waals surface area contributed by atoms with Crippen molar-refractivity contribution in [2.75, 3.05) is 13.2 Å². The molecule has 0 saturated carbocycles. The van der Waals surface area contributed by atoms with Crippen LogP contribution in [-0.2, 0) is 4.79 Å². The Morgan fingerprint density at radius 2 is 1.52 bits per heavy atom. The summed E-state index contributed by atoms with van der Waals surface area (Å²) < 4.78 is 11.0. The second-order valence-corrected chi connectivity index (χ2v) is 7.60. The van der Waals surface area contributed by atoms with Gasteiger partial charge in [0.15, 0.2) is 17.3 Å². The van der Waals surface area contributed by atoms with Crippen LogP contribution in [0.4, 0.5) is 0 Å². The number of benzene rings is 3. The maximum atomic E-state index is 12.7. The maximum Gasteiger partial charge on any atom is 0.221 e. The maximum absolute atomic E-state index is 12.7. The number of hydrogen-bond donors (Lipinski definition) is 1. The summed E-state index contributed by atoms with van der Waals surface area (Å²) in [5.74, 6) is 0.952. The van der Waals surface area contributed by atoms with Gasteiger partial charge in [0.1, 0.15) is 13.2 Å². The first-order valence-corrected chi connectivity index (χ1v) is 10.4. The Bertz CT molecular complexity index is 1060. The Hall–Kier alpha value is -3.60. The lowest BCUT2D eigenvalue weighted by Gasteiger charge is -2.20. The summed E-state index contributed by atoms with van der Waals surface area (Å²) in [6.07, 6.45) is 0.239. The molecular formula is C26H25NO4. The van der Waals surface area contributed by atoms with E-state index < -0.39 is 0 Å². The first-order valence-electron chi connectivity index (χ1n) is 10.4. The normalized spacial score (nSPS) is 13.3. The van der Waals surface area contributed by atoms with Crippen LogP contribution in [0.3, 0.4) is 0 Å². The standard InChI is InChI=1S/C26H25NO4/c1-18-7-9-20(10-8-18)26(19-5-3-2-4-6-19)27-25(29)14-12-22(28)21-11-13-23-24(17-21)31-16-15-30-23/h2-11,13,17,26H,12,14-16H2,1H3,(H,27,29). The highest BCUT2D eigenvalue weighted by atomic mass is 16.6. The number of hydrogen-bond acceptors (Lipinski definition) is 4. The summed E-state index contributed by atoms with van der Waals surface area (Å²) in [7, 11) is 0. The predicted molar refractivity (Wildman–Crippen MR) is 119 cm³/mol. The van der Waals surface area contributed by atoms with Crippen LogP contribution in [-0.4, -0.2) is 24.9 Å². The van der Waals surface area contributed by atoms with Crippen LogP contribution >= 0.6 is 0 Å². The van der Waals surface area contributed by atoms with Gasteiger partial charge in [0, 0.05) is 18.4 Å². The van der Waals surface area contributed by atoms with Gasteiger partial charge in [-0.3, -0.25) is 9.59 Å². The topological polar surface area (TPSA) is 64.6 Å². The fraction of sp³-hybridized carbons (Fsp3) is 0.231. The average molecular weight is 415 g/mol. The molecule has 0 fully saturated rings. The van der Waals surface area contributed by atoms with Gasteiger partial charge in [0.25, 0.3) is 0 Å². The number of fused-ring (bicyclic) bond motifs is 1. The molecule has 5 nitrogen and oxygen atoms in total. The minimum Gasteiger partial charge on any atom is -0.486 e. The number of aryl methyl sites for hydroxylation is 1. The molecule has 158 valence electrons.